The Hall–Kier alpha value is -2.36. The molecule has 5 N–H and O–H groups in total. The third-order valence-corrected chi connectivity index (χ3v) is 3.04. The van der Waals surface area contributed by atoms with Crippen LogP contribution in [0.25, 0.3) is 0 Å². The highest BCUT2D eigenvalue weighted by atomic mass is 15.5. The molecule has 0 aliphatic carbocycles. The van der Waals surface area contributed by atoms with Crippen molar-refractivity contribution in [3.05, 3.63) is 47.5 Å². The van der Waals surface area contributed by atoms with Crippen LogP contribution >= 0.6 is 0 Å². The van der Waals surface area contributed by atoms with Gasteiger partial charge in [0.2, 0.25) is 0 Å². The zero-order valence-electron chi connectivity index (χ0n) is 11.6. The first-order chi connectivity index (χ1) is 8.97. The minimum Gasteiger partial charge on any atom is -0.397 e. The molecule has 0 unspecified atom stereocenters. The summed E-state index contributed by atoms with van der Waals surface area (Å²) in [6, 6.07) is 11.9. The van der Waals surface area contributed by atoms with E-state index in [9.17, 15) is 0 Å². The molecular formula is C15H20N4. The van der Waals surface area contributed by atoms with Gasteiger partial charge in [-0.25, -0.2) is 0 Å². The van der Waals surface area contributed by atoms with Gasteiger partial charge in [0.25, 0.3) is 0 Å². The number of aryl methyl sites for hydroxylation is 2. The van der Waals surface area contributed by atoms with E-state index in [0.717, 1.165) is 33.9 Å². The first-order valence-corrected chi connectivity index (χ1v) is 6.20. The molecule has 0 radical (unpaired) electrons. The van der Waals surface area contributed by atoms with Gasteiger partial charge in [-0.05, 0) is 49.2 Å². The van der Waals surface area contributed by atoms with Gasteiger partial charge in [0.1, 0.15) is 0 Å². The number of nitrogens with zero attached hydrogens (tertiary/aromatic N) is 1. The lowest BCUT2D eigenvalue weighted by Crippen LogP contribution is -2.26. The Kier molecular flexibility index (Phi) is 3.51. The predicted molar refractivity (Wildman–Crippen MR) is 83.2 cm³/mol. The second kappa shape index (κ2) is 5.10. The zero-order chi connectivity index (χ0) is 14.0. The summed E-state index contributed by atoms with van der Waals surface area (Å²) in [6.45, 7) is 4.04. The molecule has 2 aromatic rings. The van der Waals surface area contributed by atoms with Crippen molar-refractivity contribution in [1.29, 1.82) is 0 Å². The van der Waals surface area contributed by atoms with Crippen LogP contribution in [0.2, 0.25) is 0 Å². The fourth-order valence-corrected chi connectivity index (χ4v) is 2.00. The third-order valence-electron chi connectivity index (χ3n) is 3.04. The van der Waals surface area contributed by atoms with Crippen molar-refractivity contribution in [1.82, 2.24) is 0 Å². The highest BCUT2D eigenvalue weighted by molar-refractivity contribution is 5.74. The summed E-state index contributed by atoms with van der Waals surface area (Å²) in [6.07, 6.45) is 0. The van der Waals surface area contributed by atoms with Gasteiger partial charge >= 0.3 is 0 Å². The molecule has 0 bridgehead atoms. The van der Waals surface area contributed by atoms with Crippen LogP contribution in [0.3, 0.4) is 0 Å². The Labute approximate surface area is 114 Å². The minimum atomic E-state index is 0.720. The first kappa shape index (κ1) is 13.1. The number of nitrogen functional groups attached to an aromatic ring is 2. The molecule has 0 atom stereocenters. The van der Waals surface area contributed by atoms with Crippen LogP contribution in [0.4, 0.5) is 22.7 Å². The number of anilines is 4. The van der Waals surface area contributed by atoms with E-state index in [0.29, 0.717) is 0 Å². The van der Waals surface area contributed by atoms with E-state index in [1.54, 1.807) is 0 Å². The summed E-state index contributed by atoms with van der Waals surface area (Å²) in [7, 11) is 1.92. The maximum Gasteiger partial charge on any atom is 0.0798 e. The largest absolute Gasteiger partial charge is 0.397 e. The number of hydrazine groups is 1. The smallest absolute Gasteiger partial charge is 0.0798 e. The Morgan fingerprint density at radius 2 is 1.47 bits per heavy atom. The van der Waals surface area contributed by atoms with E-state index in [4.69, 9.17) is 11.5 Å². The first-order valence-electron chi connectivity index (χ1n) is 6.20. The molecule has 0 spiro atoms. The SMILES string of the molecule is Cc1ccc(NN(C)c2ccc(C)cc2N)c(N)c1. The molecule has 4 nitrogen and oxygen atoms in total. The fraction of sp³-hybridized carbons (Fsp3) is 0.200. The van der Waals surface area contributed by atoms with E-state index in [2.05, 4.69) is 5.43 Å². The molecule has 0 fully saturated rings. The average Bonchev–Trinajstić information content (AvgIpc) is 2.32. The van der Waals surface area contributed by atoms with E-state index >= 15 is 0 Å². The van der Waals surface area contributed by atoms with E-state index < -0.39 is 0 Å². The summed E-state index contributed by atoms with van der Waals surface area (Å²) in [5, 5.41) is 1.87. The van der Waals surface area contributed by atoms with Gasteiger partial charge in [0, 0.05) is 7.05 Å². The molecule has 2 aromatic carbocycles. The molecule has 0 aromatic heterocycles. The number of nitrogens with two attached hydrogens (primary N) is 2. The van der Waals surface area contributed by atoms with Gasteiger partial charge in [-0.3, -0.25) is 10.4 Å². The summed E-state index contributed by atoms with van der Waals surface area (Å²) in [5.74, 6) is 0. The molecule has 100 valence electrons. The molecule has 0 aliphatic rings. The second-order valence-corrected chi connectivity index (χ2v) is 4.82. The summed E-state index contributed by atoms with van der Waals surface area (Å²) < 4.78 is 0. The van der Waals surface area contributed by atoms with E-state index in [1.807, 2.05) is 62.3 Å². The van der Waals surface area contributed by atoms with Crippen LogP contribution in [0, 0.1) is 13.8 Å². The lowest BCUT2D eigenvalue weighted by Gasteiger charge is -2.24. The molecule has 4 heteroatoms. The van der Waals surface area contributed by atoms with Crippen molar-refractivity contribution < 1.29 is 0 Å². The summed E-state index contributed by atoms with van der Waals surface area (Å²) in [5.41, 5.74) is 20.8. The highest BCUT2D eigenvalue weighted by Gasteiger charge is 2.07. The van der Waals surface area contributed by atoms with Crippen molar-refractivity contribution in [3.8, 4) is 0 Å². The number of rotatable bonds is 3. The highest BCUT2D eigenvalue weighted by Crippen LogP contribution is 2.26. The quantitative estimate of drug-likeness (QED) is 0.583. The molecule has 19 heavy (non-hydrogen) atoms. The van der Waals surface area contributed by atoms with Crippen molar-refractivity contribution in [2.45, 2.75) is 13.8 Å². The van der Waals surface area contributed by atoms with Crippen LogP contribution in [0.5, 0.6) is 0 Å². The second-order valence-electron chi connectivity index (χ2n) is 4.82. The molecule has 2 rings (SSSR count). The number of nitrogens with one attached hydrogen (secondary N) is 1. The van der Waals surface area contributed by atoms with Gasteiger partial charge in [-0.15, -0.1) is 0 Å². The molecule has 0 heterocycles. The van der Waals surface area contributed by atoms with Gasteiger partial charge in [0.15, 0.2) is 0 Å². The molecule has 0 saturated carbocycles. The van der Waals surface area contributed by atoms with Crippen molar-refractivity contribution in [2.24, 2.45) is 0 Å². The Balaban J connectivity index is 2.23. The van der Waals surface area contributed by atoms with Crippen LogP contribution in [-0.4, -0.2) is 7.05 Å². The molecular weight excluding hydrogens is 236 g/mol. The number of benzene rings is 2. The summed E-state index contributed by atoms with van der Waals surface area (Å²) in [4.78, 5) is 0. The normalized spacial score (nSPS) is 10.3. The predicted octanol–water partition coefficient (Wildman–Crippen LogP) is 2.93. The van der Waals surface area contributed by atoms with E-state index in [-0.39, 0.29) is 0 Å². The molecule has 0 saturated heterocycles. The van der Waals surface area contributed by atoms with Crippen LogP contribution in [-0.2, 0) is 0 Å². The topological polar surface area (TPSA) is 67.3 Å². The van der Waals surface area contributed by atoms with Crippen molar-refractivity contribution in [3.63, 3.8) is 0 Å². The lowest BCUT2D eigenvalue weighted by molar-refractivity contribution is 1.09. The van der Waals surface area contributed by atoms with Gasteiger partial charge in [-0.1, -0.05) is 12.1 Å². The maximum atomic E-state index is 6.03. The third kappa shape index (κ3) is 2.91. The molecule has 0 aliphatic heterocycles. The Morgan fingerprint density at radius 1 is 0.895 bits per heavy atom. The monoisotopic (exact) mass is 256 g/mol. The van der Waals surface area contributed by atoms with E-state index in [1.165, 1.54) is 0 Å². The minimum absolute atomic E-state index is 0.720. The van der Waals surface area contributed by atoms with Gasteiger partial charge in [-0.2, -0.15) is 0 Å². The summed E-state index contributed by atoms with van der Waals surface area (Å²) >= 11 is 0. The maximum absolute atomic E-state index is 6.03. The van der Waals surface area contributed by atoms with Crippen LogP contribution < -0.4 is 21.9 Å². The Bertz CT molecular complexity index is 593. The van der Waals surface area contributed by atoms with Crippen molar-refractivity contribution >= 4 is 22.7 Å². The van der Waals surface area contributed by atoms with Gasteiger partial charge < -0.3 is 11.5 Å². The zero-order valence-corrected chi connectivity index (χ0v) is 11.6. The van der Waals surface area contributed by atoms with Crippen LogP contribution in [0.1, 0.15) is 11.1 Å². The number of hydrogen-bond donors (Lipinski definition) is 3. The molecule has 0 amide bonds. The standard InChI is InChI=1S/C15H20N4/c1-10-4-6-14(12(16)8-10)18-19(3)15-7-5-11(2)9-13(15)17/h4-9,18H,16-17H2,1-3H3. The van der Waals surface area contributed by atoms with Gasteiger partial charge in [0.05, 0.1) is 22.7 Å². The average molecular weight is 256 g/mol. The van der Waals surface area contributed by atoms with Crippen molar-refractivity contribution in [2.75, 3.05) is 28.9 Å². The van der Waals surface area contributed by atoms with Crippen LogP contribution in [0.15, 0.2) is 36.4 Å². The Morgan fingerprint density at radius 3 is 2.05 bits per heavy atom. The fourth-order valence-electron chi connectivity index (χ4n) is 2.00. The lowest BCUT2D eigenvalue weighted by atomic mass is 10.2. The number of hydrogen-bond acceptors (Lipinski definition) is 4.